The van der Waals surface area contributed by atoms with Crippen LogP contribution in [0.1, 0.15) is 130 Å². The quantitative estimate of drug-likeness (QED) is 0.0480. The van der Waals surface area contributed by atoms with Gasteiger partial charge < -0.3 is 29.3 Å². The van der Waals surface area contributed by atoms with Crippen molar-refractivity contribution < 1.29 is 33.4 Å². The molecular formula is C50H64N4O7. The largest absolute Gasteiger partial charge is 0.482 e. The van der Waals surface area contributed by atoms with Gasteiger partial charge in [-0.2, -0.15) is 0 Å². The van der Waals surface area contributed by atoms with Crippen molar-refractivity contribution in [2.75, 3.05) is 13.2 Å². The molecule has 11 nitrogen and oxygen atoms in total. The Kier molecular flexibility index (Phi) is 16.9. The van der Waals surface area contributed by atoms with Gasteiger partial charge in [0, 0.05) is 35.7 Å². The van der Waals surface area contributed by atoms with Gasteiger partial charge in [0.1, 0.15) is 22.8 Å². The molecule has 5 rings (SSSR count). The predicted molar refractivity (Wildman–Crippen MR) is 242 cm³/mol. The number of imidazole rings is 1. The van der Waals surface area contributed by atoms with Crippen molar-refractivity contribution in [3.05, 3.63) is 90.0 Å². The molecule has 0 spiro atoms. The molecule has 2 heterocycles. The normalized spacial score (nSPS) is 14.1. The van der Waals surface area contributed by atoms with E-state index in [4.69, 9.17) is 24.0 Å². The first-order valence-corrected chi connectivity index (χ1v) is 21.9. The highest BCUT2D eigenvalue weighted by Crippen LogP contribution is 2.34. The maximum Gasteiger partial charge on any atom is 0.351 e. The van der Waals surface area contributed by atoms with E-state index in [1.54, 1.807) is 18.2 Å². The van der Waals surface area contributed by atoms with Crippen LogP contribution in [0.5, 0.6) is 5.75 Å². The third-order valence-electron chi connectivity index (χ3n) is 9.89. The van der Waals surface area contributed by atoms with Gasteiger partial charge in [-0.3, -0.25) is 4.79 Å². The molecule has 0 aliphatic carbocycles. The van der Waals surface area contributed by atoms with Crippen molar-refractivity contribution in [2.24, 2.45) is 5.16 Å². The molecule has 2 N–H and O–H groups in total. The van der Waals surface area contributed by atoms with Crippen LogP contribution >= 0.6 is 0 Å². The van der Waals surface area contributed by atoms with E-state index in [-0.39, 0.29) is 12.5 Å². The number of nitrogens with zero attached hydrogens (tertiary/aromatic N) is 2. The smallest absolute Gasteiger partial charge is 0.351 e. The summed E-state index contributed by atoms with van der Waals surface area (Å²) in [5.74, 6) is 0.200. The summed E-state index contributed by atoms with van der Waals surface area (Å²) in [7, 11) is 0. The highest BCUT2D eigenvalue weighted by Gasteiger charge is 2.33. The summed E-state index contributed by atoms with van der Waals surface area (Å²) in [6, 6.07) is 23.1. The first-order valence-electron chi connectivity index (χ1n) is 21.9. The van der Waals surface area contributed by atoms with Gasteiger partial charge in [-0.15, -0.1) is 0 Å². The van der Waals surface area contributed by atoms with Crippen molar-refractivity contribution in [1.82, 2.24) is 15.3 Å². The number of carbonyl (C=O) groups excluding carboxylic acids is 3. The Morgan fingerprint density at radius 1 is 0.738 bits per heavy atom. The van der Waals surface area contributed by atoms with Gasteiger partial charge >= 0.3 is 11.9 Å². The third-order valence-corrected chi connectivity index (χ3v) is 9.89. The summed E-state index contributed by atoms with van der Waals surface area (Å²) in [6.07, 6.45) is 15.5. The lowest BCUT2D eigenvalue weighted by atomic mass is 10.0. The summed E-state index contributed by atoms with van der Waals surface area (Å²) in [4.78, 5) is 51.4. The number of carbonyl (C=O) groups is 3. The van der Waals surface area contributed by atoms with Gasteiger partial charge in [-0.1, -0.05) is 118 Å². The zero-order valence-corrected chi connectivity index (χ0v) is 37.1. The molecule has 326 valence electrons. The maximum absolute atomic E-state index is 12.6. The fourth-order valence-electron chi connectivity index (χ4n) is 6.83. The summed E-state index contributed by atoms with van der Waals surface area (Å²) in [5.41, 5.74) is 5.30. The number of amides is 1. The Balaban J connectivity index is 1.25. The predicted octanol–water partition coefficient (Wildman–Crippen LogP) is 11.0. The van der Waals surface area contributed by atoms with E-state index in [1.165, 1.54) is 51.4 Å². The third kappa shape index (κ3) is 15.4. The van der Waals surface area contributed by atoms with Gasteiger partial charge in [0.2, 0.25) is 12.0 Å². The molecule has 1 unspecified atom stereocenters. The zero-order valence-electron chi connectivity index (χ0n) is 37.1. The molecule has 61 heavy (non-hydrogen) atoms. The maximum atomic E-state index is 12.6. The van der Waals surface area contributed by atoms with E-state index in [1.807, 2.05) is 108 Å². The van der Waals surface area contributed by atoms with Crippen LogP contribution in [0.15, 0.2) is 84.0 Å². The monoisotopic (exact) mass is 832 g/mol. The highest BCUT2D eigenvalue weighted by molar-refractivity contribution is 6.03. The van der Waals surface area contributed by atoms with Gasteiger partial charge in [0.15, 0.2) is 6.61 Å². The number of H-pyrrole nitrogens is 1. The van der Waals surface area contributed by atoms with Crippen LogP contribution in [0.3, 0.4) is 0 Å². The second-order valence-electron chi connectivity index (χ2n) is 17.6. The van der Waals surface area contributed by atoms with Crippen molar-refractivity contribution in [2.45, 2.75) is 136 Å². The van der Waals surface area contributed by atoms with E-state index >= 15 is 0 Å². The Morgan fingerprint density at radius 3 is 1.93 bits per heavy atom. The van der Waals surface area contributed by atoms with Crippen LogP contribution in [0.4, 0.5) is 0 Å². The molecule has 0 saturated heterocycles. The molecule has 0 radical (unpaired) electrons. The van der Waals surface area contributed by atoms with Gasteiger partial charge in [0.25, 0.3) is 0 Å². The Hall–Kier alpha value is -5.71. The van der Waals surface area contributed by atoms with E-state index in [9.17, 15) is 14.4 Å². The summed E-state index contributed by atoms with van der Waals surface area (Å²) < 4.78 is 16.6. The number of oxime groups is 1. The van der Waals surface area contributed by atoms with E-state index in [0.29, 0.717) is 30.3 Å². The topological polar surface area (TPSA) is 141 Å². The molecule has 4 aromatic rings. The number of hydrogen-bond donors (Lipinski definition) is 2. The number of rotatable bonds is 21. The SMILES string of the molecule is CCCCCCCCCCCCNC(=O)/C=C/c1ccc(-c2[nH]c(-c3ccc(C4=NOC(C(=O)OC(C)(C)C)C4)cc3)nc2-c2ccc(OCC(=O)OC(C)(C)C)cc2)cc1. The van der Waals surface area contributed by atoms with Crippen LogP contribution in [0.2, 0.25) is 0 Å². The number of nitrogens with one attached hydrogen (secondary N) is 2. The van der Waals surface area contributed by atoms with Crippen LogP contribution in [-0.4, -0.2) is 64.0 Å². The Bertz CT molecular complexity index is 2090. The number of aromatic nitrogens is 2. The molecule has 0 bridgehead atoms. The lowest BCUT2D eigenvalue weighted by Gasteiger charge is -2.20. The van der Waals surface area contributed by atoms with Crippen LogP contribution in [-0.2, 0) is 28.7 Å². The number of hydrogen-bond acceptors (Lipinski definition) is 9. The first-order chi connectivity index (χ1) is 29.2. The molecule has 1 aromatic heterocycles. The molecule has 0 saturated carbocycles. The van der Waals surface area contributed by atoms with Gasteiger partial charge in [0.05, 0.1) is 17.1 Å². The summed E-state index contributed by atoms with van der Waals surface area (Å²) in [5, 5.41) is 7.20. The minimum atomic E-state index is -0.781. The van der Waals surface area contributed by atoms with Crippen LogP contribution in [0, 0.1) is 0 Å². The molecule has 3 aromatic carbocycles. The van der Waals surface area contributed by atoms with E-state index < -0.39 is 29.2 Å². The summed E-state index contributed by atoms with van der Waals surface area (Å²) in [6.45, 7) is 13.6. The van der Waals surface area contributed by atoms with Crippen molar-refractivity contribution in [1.29, 1.82) is 0 Å². The molecule has 1 amide bonds. The Morgan fingerprint density at radius 2 is 1.31 bits per heavy atom. The number of ether oxygens (including phenoxy) is 3. The summed E-state index contributed by atoms with van der Waals surface area (Å²) >= 11 is 0. The molecular weight excluding hydrogens is 769 g/mol. The number of aromatic amines is 1. The minimum absolute atomic E-state index is 0.0968. The second kappa shape index (κ2) is 22.2. The molecule has 11 heteroatoms. The molecule has 0 fully saturated rings. The van der Waals surface area contributed by atoms with Gasteiger partial charge in [-0.05, 0) is 89.4 Å². The van der Waals surface area contributed by atoms with E-state index in [2.05, 4.69) is 22.4 Å². The van der Waals surface area contributed by atoms with Crippen LogP contribution < -0.4 is 10.1 Å². The average Bonchev–Trinajstić information content (AvgIpc) is 3.90. The number of unbranched alkanes of at least 4 members (excludes halogenated alkanes) is 9. The van der Waals surface area contributed by atoms with E-state index in [0.717, 1.165) is 52.0 Å². The van der Waals surface area contributed by atoms with Crippen molar-refractivity contribution in [3.63, 3.8) is 0 Å². The standard InChI is InChI=1S/C50H64N4O7/c1-8-9-10-11-12-13-14-15-16-17-32-51-43(55)31-20-35-18-21-37(22-19-35)45-46(38-27-29-40(30-28-38)58-34-44(56)59-49(2,3)4)53-47(52-45)39-25-23-36(24-26-39)41-33-42(61-54-41)48(57)60-50(5,6)7/h18-31,42H,8-17,32-34H2,1-7H3,(H,51,55)(H,52,53)/b31-20+. The fraction of sp³-hybridized carbons (Fsp3) is 0.460. The lowest BCUT2D eigenvalue weighted by molar-refractivity contribution is -0.167. The van der Waals surface area contributed by atoms with Crippen molar-refractivity contribution in [3.8, 4) is 39.7 Å². The second-order valence-corrected chi connectivity index (χ2v) is 17.6. The zero-order chi connectivity index (χ0) is 43.8. The van der Waals surface area contributed by atoms with Crippen molar-refractivity contribution >= 4 is 29.6 Å². The first kappa shape index (κ1) is 46.4. The van der Waals surface area contributed by atoms with Crippen LogP contribution in [0.25, 0.3) is 40.0 Å². The molecule has 1 aliphatic rings. The molecule has 1 atom stereocenters. The lowest BCUT2D eigenvalue weighted by Crippen LogP contribution is -2.32. The fourth-order valence-corrected chi connectivity index (χ4v) is 6.83. The van der Waals surface area contributed by atoms with Gasteiger partial charge in [-0.25, -0.2) is 14.6 Å². The highest BCUT2D eigenvalue weighted by atomic mass is 16.7. The molecule has 1 aliphatic heterocycles. The number of benzene rings is 3. The number of esters is 2. The Labute approximate surface area is 361 Å². The average molecular weight is 833 g/mol. The minimum Gasteiger partial charge on any atom is -0.482 e.